The molecule has 1 fully saturated rings. The summed E-state index contributed by atoms with van der Waals surface area (Å²) in [4.78, 5) is 11.6. The first-order valence-corrected chi connectivity index (χ1v) is 8.78. The van der Waals surface area contributed by atoms with Crippen LogP contribution in [0.2, 0.25) is 5.02 Å². The minimum atomic E-state index is -0.601. The molecule has 0 amide bonds. The zero-order valence-corrected chi connectivity index (χ0v) is 15.5. The Labute approximate surface area is 153 Å². The Bertz CT molecular complexity index is 552. The lowest BCUT2D eigenvalue weighted by Gasteiger charge is -2.24. The fourth-order valence-corrected chi connectivity index (χ4v) is 2.95. The van der Waals surface area contributed by atoms with E-state index in [0.29, 0.717) is 18.2 Å². The molecule has 140 valence electrons. The van der Waals surface area contributed by atoms with Crippen molar-refractivity contribution in [2.24, 2.45) is 0 Å². The van der Waals surface area contributed by atoms with Crippen molar-refractivity contribution < 1.29 is 28.5 Å². The van der Waals surface area contributed by atoms with Gasteiger partial charge in [-0.2, -0.15) is 0 Å². The highest BCUT2D eigenvalue weighted by Crippen LogP contribution is 2.30. The number of rotatable bonds is 9. The number of halogens is 1. The minimum absolute atomic E-state index is 0.176. The molecule has 0 radical (unpaired) electrons. The van der Waals surface area contributed by atoms with Gasteiger partial charge in [0, 0.05) is 12.1 Å². The summed E-state index contributed by atoms with van der Waals surface area (Å²) in [5.41, 5.74) is 0.879. The molecule has 1 heterocycles. The van der Waals surface area contributed by atoms with E-state index in [1.807, 2.05) is 31.2 Å². The summed E-state index contributed by atoms with van der Waals surface area (Å²) in [7, 11) is 1.54. The van der Waals surface area contributed by atoms with Crippen molar-refractivity contribution in [3.8, 4) is 0 Å². The second-order valence-electron chi connectivity index (χ2n) is 5.63. The van der Waals surface area contributed by atoms with E-state index in [0.717, 1.165) is 12.0 Å². The summed E-state index contributed by atoms with van der Waals surface area (Å²) >= 11 is 6.18. The molecule has 1 aromatic carbocycles. The van der Waals surface area contributed by atoms with Gasteiger partial charge in [0.1, 0.15) is 18.8 Å². The SMILES string of the molecule is CCOC(=O)CO[C@H]1C(OC)O[C@H](CC)[C@@H]1OCc1ccccc1Cl. The van der Waals surface area contributed by atoms with Crippen molar-refractivity contribution in [1.29, 1.82) is 0 Å². The number of hydrogen-bond acceptors (Lipinski definition) is 6. The topological polar surface area (TPSA) is 63.2 Å². The first-order chi connectivity index (χ1) is 12.1. The third-order valence-corrected chi connectivity index (χ3v) is 4.36. The molecule has 0 bridgehead atoms. The Morgan fingerprint density at radius 2 is 1.96 bits per heavy atom. The minimum Gasteiger partial charge on any atom is -0.464 e. The third-order valence-electron chi connectivity index (χ3n) is 3.99. The van der Waals surface area contributed by atoms with Gasteiger partial charge in [-0.3, -0.25) is 0 Å². The van der Waals surface area contributed by atoms with Gasteiger partial charge in [0.2, 0.25) is 0 Å². The fraction of sp³-hybridized carbons (Fsp3) is 0.611. The first kappa shape index (κ1) is 20.1. The Kier molecular flexibility index (Phi) is 8.12. The maximum absolute atomic E-state index is 11.6. The van der Waals surface area contributed by atoms with E-state index in [2.05, 4.69) is 0 Å². The van der Waals surface area contributed by atoms with Crippen molar-refractivity contribution in [3.63, 3.8) is 0 Å². The summed E-state index contributed by atoms with van der Waals surface area (Å²) < 4.78 is 27.8. The van der Waals surface area contributed by atoms with Crippen molar-refractivity contribution >= 4 is 17.6 Å². The van der Waals surface area contributed by atoms with E-state index >= 15 is 0 Å². The summed E-state index contributed by atoms with van der Waals surface area (Å²) in [6.45, 7) is 4.19. The summed E-state index contributed by atoms with van der Waals surface area (Å²) in [5, 5.41) is 0.641. The lowest BCUT2D eigenvalue weighted by atomic mass is 10.1. The van der Waals surface area contributed by atoms with E-state index in [1.165, 1.54) is 7.11 Å². The molecule has 6 nitrogen and oxygen atoms in total. The number of benzene rings is 1. The second kappa shape index (κ2) is 10.1. The number of esters is 1. The Morgan fingerprint density at radius 3 is 2.60 bits per heavy atom. The smallest absolute Gasteiger partial charge is 0.332 e. The van der Waals surface area contributed by atoms with Crippen LogP contribution in [0.5, 0.6) is 0 Å². The highest BCUT2D eigenvalue weighted by atomic mass is 35.5. The third kappa shape index (κ3) is 5.39. The number of carbonyl (C=O) groups excluding carboxylic acids is 1. The summed E-state index contributed by atoms with van der Waals surface area (Å²) in [6, 6.07) is 7.49. The molecule has 0 spiro atoms. The van der Waals surface area contributed by atoms with Crippen molar-refractivity contribution in [2.75, 3.05) is 20.3 Å². The highest BCUT2D eigenvalue weighted by Gasteiger charge is 2.46. The molecule has 2 rings (SSSR count). The predicted octanol–water partition coefficient (Wildman–Crippen LogP) is 2.95. The average molecular weight is 373 g/mol. The largest absolute Gasteiger partial charge is 0.464 e. The summed E-state index contributed by atoms with van der Waals surface area (Å²) in [5.74, 6) is -0.429. The molecule has 4 atom stereocenters. The Hall–Kier alpha value is -1.18. The first-order valence-electron chi connectivity index (χ1n) is 8.41. The molecule has 0 aliphatic carbocycles. The van der Waals surface area contributed by atoms with E-state index in [9.17, 15) is 4.79 Å². The van der Waals surface area contributed by atoms with Crippen molar-refractivity contribution in [2.45, 2.75) is 51.5 Å². The lowest BCUT2D eigenvalue weighted by molar-refractivity contribution is -0.175. The van der Waals surface area contributed by atoms with Gasteiger partial charge in [0.25, 0.3) is 0 Å². The molecule has 0 aromatic heterocycles. The standard InChI is InChI=1S/C18H25ClO6/c1-4-14-16(23-10-12-8-6-7-9-13(12)19)17(18(21-3)25-14)24-11-15(20)22-5-2/h6-9,14,16-18H,4-5,10-11H2,1-3H3/t14-,16+,17-,18?/m1/s1. The monoisotopic (exact) mass is 372 g/mol. The zero-order chi connectivity index (χ0) is 18.2. The Morgan fingerprint density at radius 1 is 1.20 bits per heavy atom. The molecule has 1 unspecified atom stereocenters. The average Bonchev–Trinajstić information content (AvgIpc) is 2.96. The molecule has 1 aliphatic rings. The van der Waals surface area contributed by atoms with Crippen LogP contribution >= 0.6 is 11.6 Å². The molecule has 0 N–H and O–H groups in total. The number of hydrogen-bond donors (Lipinski definition) is 0. The molecular weight excluding hydrogens is 348 g/mol. The normalized spacial score (nSPS) is 25.9. The van der Waals surface area contributed by atoms with Gasteiger partial charge in [0.05, 0.1) is 19.3 Å². The molecule has 25 heavy (non-hydrogen) atoms. The van der Waals surface area contributed by atoms with E-state index in [1.54, 1.807) is 6.92 Å². The van der Waals surface area contributed by atoms with Gasteiger partial charge in [-0.25, -0.2) is 4.79 Å². The van der Waals surface area contributed by atoms with Crippen LogP contribution < -0.4 is 0 Å². The van der Waals surface area contributed by atoms with Gasteiger partial charge in [0.15, 0.2) is 6.29 Å². The predicted molar refractivity (Wildman–Crippen MR) is 92.4 cm³/mol. The fourth-order valence-electron chi connectivity index (χ4n) is 2.76. The van der Waals surface area contributed by atoms with Gasteiger partial charge in [-0.15, -0.1) is 0 Å². The molecule has 0 saturated carbocycles. The van der Waals surface area contributed by atoms with Crippen LogP contribution in [0.3, 0.4) is 0 Å². The maximum atomic E-state index is 11.6. The van der Waals surface area contributed by atoms with Crippen LogP contribution in [0.15, 0.2) is 24.3 Å². The number of carbonyl (C=O) groups is 1. The van der Waals surface area contributed by atoms with E-state index in [-0.39, 0.29) is 18.8 Å². The Balaban J connectivity index is 2.03. The molecule has 7 heteroatoms. The van der Waals surface area contributed by atoms with Crippen molar-refractivity contribution in [1.82, 2.24) is 0 Å². The van der Waals surface area contributed by atoms with Crippen LogP contribution in [0.1, 0.15) is 25.8 Å². The summed E-state index contributed by atoms with van der Waals surface area (Å²) in [6.07, 6.45) is -0.968. The van der Waals surface area contributed by atoms with E-state index in [4.69, 9.17) is 35.3 Å². The van der Waals surface area contributed by atoms with Gasteiger partial charge >= 0.3 is 5.97 Å². The van der Waals surface area contributed by atoms with Crippen LogP contribution in [0.25, 0.3) is 0 Å². The van der Waals surface area contributed by atoms with Crippen LogP contribution in [0.4, 0.5) is 0 Å². The second-order valence-corrected chi connectivity index (χ2v) is 6.04. The number of methoxy groups -OCH3 is 1. The van der Waals surface area contributed by atoms with Gasteiger partial charge < -0.3 is 23.7 Å². The van der Waals surface area contributed by atoms with Gasteiger partial charge in [-0.1, -0.05) is 36.7 Å². The van der Waals surface area contributed by atoms with Crippen LogP contribution in [-0.4, -0.2) is 50.9 Å². The molecule has 1 aromatic rings. The number of ether oxygens (including phenoxy) is 5. The molecular formula is C18H25ClO6. The highest BCUT2D eigenvalue weighted by molar-refractivity contribution is 6.31. The lowest BCUT2D eigenvalue weighted by Crippen LogP contribution is -2.39. The molecule has 1 saturated heterocycles. The van der Waals surface area contributed by atoms with E-state index < -0.39 is 18.4 Å². The van der Waals surface area contributed by atoms with Crippen molar-refractivity contribution in [3.05, 3.63) is 34.9 Å². The van der Waals surface area contributed by atoms with Crippen LogP contribution in [-0.2, 0) is 35.1 Å². The quantitative estimate of drug-likeness (QED) is 0.621. The zero-order valence-electron chi connectivity index (χ0n) is 14.8. The van der Waals surface area contributed by atoms with Crippen LogP contribution in [0, 0.1) is 0 Å². The van der Waals surface area contributed by atoms with Gasteiger partial charge in [-0.05, 0) is 25.0 Å². The molecule has 1 aliphatic heterocycles. The maximum Gasteiger partial charge on any atom is 0.332 e.